The lowest BCUT2D eigenvalue weighted by atomic mass is 10.0. The summed E-state index contributed by atoms with van der Waals surface area (Å²) in [6, 6.07) is 0. The van der Waals surface area contributed by atoms with Crippen LogP contribution in [0.3, 0.4) is 0 Å². The summed E-state index contributed by atoms with van der Waals surface area (Å²) >= 11 is 5.10. The largest absolute Gasteiger partial charge is 0.276 e. The van der Waals surface area contributed by atoms with E-state index < -0.39 is 0 Å². The molecule has 0 aliphatic carbocycles. The van der Waals surface area contributed by atoms with E-state index in [0.29, 0.717) is 0 Å². The average Bonchev–Trinajstić information content (AvgIpc) is 1.97. The fourth-order valence-electron chi connectivity index (χ4n) is 0.761. The highest BCUT2D eigenvalue weighted by Gasteiger charge is 1.95. The van der Waals surface area contributed by atoms with Crippen molar-refractivity contribution < 1.29 is 4.79 Å². The van der Waals surface area contributed by atoms with E-state index in [4.69, 9.17) is 11.6 Å². The molecule has 1 nitrogen and oxygen atoms in total. The highest BCUT2D eigenvalue weighted by molar-refractivity contribution is 6.66. The molecule has 0 aromatic carbocycles. The second kappa shape index (κ2) is 6.41. The third-order valence-electron chi connectivity index (χ3n) is 1.77. The van der Waals surface area contributed by atoms with Gasteiger partial charge in [0, 0.05) is 0 Å². The topological polar surface area (TPSA) is 17.1 Å². The van der Waals surface area contributed by atoms with E-state index in [9.17, 15) is 4.79 Å². The maximum atomic E-state index is 10.2. The molecule has 0 aromatic rings. The summed E-state index contributed by atoms with van der Waals surface area (Å²) < 4.78 is 0. The molecule has 0 saturated carbocycles. The van der Waals surface area contributed by atoms with E-state index in [1.165, 1.54) is 12.5 Å². The number of hydrogen-bond donors (Lipinski definition) is 0. The van der Waals surface area contributed by atoms with Gasteiger partial charge in [0.1, 0.15) is 0 Å². The van der Waals surface area contributed by atoms with Crippen molar-refractivity contribution in [3.05, 3.63) is 12.2 Å². The van der Waals surface area contributed by atoms with Crippen LogP contribution in [0.2, 0.25) is 0 Å². The van der Waals surface area contributed by atoms with Crippen molar-refractivity contribution in [1.82, 2.24) is 0 Å². The fourth-order valence-corrected chi connectivity index (χ4v) is 0.850. The molecule has 11 heavy (non-hydrogen) atoms. The number of carbonyl (C=O) groups is 1. The molecule has 0 amide bonds. The van der Waals surface area contributed by atoms with Crippen LogP contribution in [0, 0.1) is 5.92 Å². The number of carbonyl (C=O) groups excluding carboxylic acids is 1. The summed E-state index contributed by atoms with van der Waals surface area (Å²) in [7, 11) is 0. The highest BCUT2D eigenvalue weighted by atomic mass is 35.5. The van der Waals surface area contributed by atoms with Gasteiger partial charge in [-0.1, -0.05) is 26.3 Å². The van der Waals surface area contributed by atoms with Gasteiger partial charge >= 0.3 is 0 Å². The Hall–Kier alpha value is -0.300. The lowest BCUT2D eigenvalue weighted by Crippen LogP contribution is -1.89. The van der Waals surface area contributed by atoms with Crippen LogP contribution >= 0.6 is 11.6 Å². The molecule has 0 N–H and O–H groups in total. The van der Waals surface area contributed by atoms with Crippen LogP contribution in [0.4, 0.5) is 0 Å². The fraction of sp³-hybridized carbons (Fsp3) is 0.667. The third-order valence-corrected chi connectivity index (χ3v) is 1.90. The minimum atomic E-state index is -0.380. The number of halogens is 1. The second-order valence-electron chi connectivity index (χ2n) is 2.80. The molecule has 0 heterocycles. The Balaban J connectivity index is 3.33. The predicted octanol–water partition coefficient (Wildman–Crippen LogP) is 3.13. The van der Waals surface area contributed by atoms with Crippen molar-refractivity contribution in [3.63, 3.8) is 0 Å². The number of allylic oxidation sites excluding steroid dienone is 2. The Bertz CT molecular complexity index is 140. The lowest BCUT2D eigenvalue weighted by Gasteiger charge is -2.03. The Morgan fingerprint density at radius 2 is 2.27 bits per heavy atom. The smallest absolute Gasteiger partial charge is 0.244 e. The summed E-state index contributed by atoms with van der Waals surface area (Å²) in [5.74, 6) is 0.741. The summed E-state index contributed by atoms with van der Waals surface area (Å²) in [6.45, 7) is 4.37. The third kappa shape index (κ3) is 7.60. The Morgan fingerprint density at radius 3 is 2.73 bits per heavy atom. The van der Waals surface area contributed by atoms with E-state index in [0.717, 1.165) is 18.8 Å². The van der Waals surface area contributed by atoms with Crippen LogP contribution in [0.25, 0.3) is 0 Å². The molecule has 2 heteroatoms. The molecule has 0 bridgehead atoms. The Labute approximate surface area is 73.4 Å². The molecule has 0 aliphatic heterocycles. The van der Waals surface area contributed by atoms with Gasteiger partial charge in [0.25, 0.3) is 0 Å². The number of hydrogen-bond acceptors (Lipinski definition) is 1. The second-order valence-corrected chi connectivity index (χ2v) is 3.17. The molecule has 0 fully saturated rings. The molecule has 0 spiro atoms. The quantitative estimate of drug-likeness (QED) is 0.462. The first-order valence-corrected chi connectivity index (χ1v) is 4.40. The zero-order valence-electron chi connectivity index (χ0n) is 7.14. The van der Waals surface area contributed by atoms with E-state index in [1.54, 1.807) is 0 Å². The molecule has 64 valence electrons. The first-order chi connectivity index (χ1) is 5.16. The van der Waals surface area contributed by atoms with Crippen molar-refractivity contribution in [2.24, 2.45) is 5.92 Å². The zero-order valence-corrected chi connectivity index (χ0v) is 7.90. The standard InChI is InChI=1S/C9H15ClO/c1-3-8(2)6-4-5-7-9(10)11/h5,7-8H,3-4,6H2,1-2H3. The van der Waals surface area contributed by atoms with Gasteiger partial charge < -0.3 is 0 Å². The summed E-state index contributed by atoms with van der Waals surface area (Å²) in [5, 5.41) is -0.380. The number of rotatable bonds is 5. The van der Waals surface area contributed by atoms with Gasteiger partial charge in [-0.3, -0.25) is 4.79 Å². The van der Waals surface area contributed by atoms with E-state index in [-0.39, 0.29) is 5.24 Å². The normalized spacial score (nSPS) is 13.7. The average molecular weight is 175 g/mol. The van der Waals surface area contributed by atoms with Crippen LogP contribution < -0.4 is 0 Å². The zero-order chi connectivity index (χ0) is 8.69. The van der Waals surface area contributed by atoms with Crippen LogP contribution in [0.5, 0.6) is 0 Å². The predicted molar refractivity (Wildman–Crippen MR) is 48.7 cm³/mol. The van der Waals surface area contributed by atoms with Gasteiger partial charge in [-0.25, -0.2) is 0 Å². The van der Waals surface area contributed by atoms with Crippen molar-refractivity contribution in [3.8, 4) is 0 Å². The molecule has 0 radical (unpaired) electrons. The summed E-state index contributed by atoms with van der Waals surface area (Å²) in [4.78, 5) is 10.2. The molecule has 1 unspecified atom stereocenters. The molecular formula is C9H15ClO. The van der Waals surface area contributed by atoms with E-state index in [1.807, 2.05) is 6.08 Å². The Morgan fingerprint density at radius 1 is 1.64 bits per heavy atom. The summed E-state index contributed by atoms with van der Waals surface area (Å²) in [6.07, 6.45) is 6.54. The molecule has 0 saturated heterocycles. The molecule has 0 aromatic heterocycles. The summed E-state index contributed by atoms with van der Waals surface area (Å²) in [5.41, 5.74) is 0. The SMILES string of the molecule is CCC(C)CCC=CC(=O)Cl. The van der Waals surface area contributed by atoms with Crippen LogP contribution in [-0.4, -0.2) is 5.24 Å². The van der Waals surface area contributed by atoms with E-state index in [2.05, 4.69) is 13.8 Å². The van der Waals surface area contributed by atoms with Crippen molar-refractivity contribution in [1.29, 1.82) is 0 Å². The van der Waals surface area contributed by atoms with Crippen molar-refractivity contribution >= 4 is 16.8 Å². The lowest BCUT2D eigenvalue weighted by molar-refractivity contribution is -0.107. The molecule has 0 aliphatic rings. The maximum Gasteiger partial charge on any atom is 0.244 e. The molecule has 0 rings (SSSR count). The Kier molecular flexibility index (Phi) is 6.24. The highest BCUT2D eigenvalue weighted by Crippen LogP contribution is 2.09. The van der Waals surface area contributed by atoms with Crippen LogP contribution in [0.15, 0.2) is 12.2 Å². The first kappa shape index (κ1) is 10.7. The minimum absolute atomic E-state index is 0.380. The van der Waals surface area contributed by atoms with Gasteiger partial charge in [0.15, 0.2) is 0 Å². The van der Waals surface area contributed by atoms with Gasteiger partial charge in [0.2, 0.25) is 5.24 Å². The first-order valence-electron chi connectivity index (χ1n) is 4.02. The van der Waals surface area contributed by atoms with Crippen LogP contribution in [0.1, 0.15) is 33.1 Å². The molecular weight excluding hydrogens is 160 g/mol. The van der Waals surface area contributed by atoms with Gasteiger partial charge in [-0.15, -0.1) is 0 Å². The minimum Gasteiger partial charge on any atom is -0.276 e. The van der Waals surface area contributed by atoms with Gasteiger partial charge in [-0.2, -0.15) is 0 Å². The van der Waals surface area contributed by atoms with Crippen molar-refractivity contribution in [2.45, 2.75) is 33.1 Å². The van der Waals surface area contributed by atoms with Crippen molar-refractivity contribution in [2.75, 3.05) is 0 Å². The monoisotopic (exact) mass is 174 g/mol. The van der Waals surface area contributed by atoms with Crippen LogP contribution in [-0.2, 0) is 4.79 Å². The van der Waals surface area contributed by atoms with Gasteiger partial charge in [-0.05, 0) is 36.4 Å². The van der Waals surface area contributed by atoms with Gasteiger partial charge in [0.05, 0.1) is 0 Å². The molecule has 1 atom stereocenters. The van der Waals surface area contributed by atoms with E-state index >= 15 is 0 Å². The maximum absolute atomic E-state index is 10.2.